The van der Waals surface area contributed by atoms with Crippen molar-refractivity contribution in [3.8, 4) is 11.1 Å². The van der Waals surface area contributed by atoms with Crippen LogP contribution in [-0.2, 0) is 41.2 Å². The van der Waals surface area contributed by atoms with Gasteiger partial charge in [-0.05, 0) is 136 Å². The van der Waals surface area contributed by atoms with Crippen molar-refractivity contribution in [2.75, 3.05) is 20.6 Å². The third-order valence-electron chi connectivity index (χ3n) is 8.76. The lowest BCUT2D eigenvalue weighted by Crippen LogP contribution is -2.35. The van der Waals surface area contributed by atoms with Crippen LogP contribution in [0.1, 0.15) is 78.5 Å². The highest BCUT2D eigenvalue weighted by atomic mass is 19.4. The molecular formula is C36H41F8N3O4. The average Bonchev–Trinajstić information content (AvgIpc) is 2.99. The molecule has 7 nitrogen and oxygen atoms in total. The zero-order valence-electron chi connectivity index (χ0n) is 28.7. The van der Waals surface area contributed by atoms with Crippen LogP contribution in [-0.4, -0.2) is 47.1 Å². The Hall–Kier alpha value is -4.27. The predicted molar refractivity (Wildman–Crippen MR) is 175 cm³/mol. The Labute approximate surface area is 290 Å². The SMILES string of the molecule is Cc1cc(F)cc(CCC(C)CC[C@@H](C(N)=O)n2cc(CCCN(C)C)c(C(F)(F)F)cc2=O)c1-c1cc(CCC(=O)O)c(F)c(C(F)(F)F)c1. The molecule has 1 aromatic heterocycles. The first kappa shape index (κ1) is 41.2. The third kappa shape index (κ3) is 11.1. The highest BCUT2D eigenvalue weighted by Gasteiger charge is 2.37. The van der Waals surface area contributed by atoms with Crippen molar-refractivity contribution in [3.05, 3.63) is 91.9 Å². The smallest absolute Gasteiger partial charge is 0.419 e. The number of hydrogen-bond acceptors (Lipinski definition) is 4. The molecule has 51 heavy (non-hydrogen) atoms. The predicted octanol–water partition coefficient (Wildman–Crippen LogP) is 7.73. The number of nitrogens with zero attached hydrogens (tertiary/aromatic N) is 2. The molecule has 0 spiro atoms. The number of rotatable bonds is 16. The molecule has 0 bridgehead atoms. The van der Waals surface area contributed by atoms with Crippen molar-refractivity contribution in [2.45, 2.75) is 83.6 Å². The molecule has 1 unspecified atom stereocenters. The van der Waals surface area contributed by atoms with Crippen molar-refractivity contribution in [3.63, 3.8) is 0 Å². The highest BCUT2D eigenvalue weighted by molar-refractivity contribution is 5.78. The molecule has 1 amide bonds. The van der Waals surface area contributed by atoms with E-state index in [0.29, 0.717) is 37.1 Å². The van der Waals surface area contributed by atoms with Gasteiger partial charge in [0.05, 0.1) is 11.1 Å². The number of aromatic nitrogens is 1. The minimum absolute atomic E-state index is 0.00978. The van der Waals surface area contributed by atoms with E-state index in [4.69, 9.17) is 10.8 Å². The fraction of sp³-hybridized carbons (Fsp3) is 0.472. The van der Waals surface area contributed by atoms with Crippen LogP contribution in [0.15, 0.2) is 41.3 Å². The second-order valence-corrected chi connectivity index (χ2v) is 13.1. The van der Waals surface area contributed by atoms with Crippen molar-refractivity contribution in [1.29, 1.82) is 0 Å². The average molecular weight is 732 g/mol. The number of alkyl halides is 6. The van der Waals surface area contributed by atoms with Crippen LogP contribution in [0.5, 0.6) is 0 Å². The van der Waals surface area contributed by atoms with Crippen molar-refractivity contribution in [2.24, 2.45) is 11.7 Å². The summed E-state index contributed by atoms with van der Waals surface area (Å²) in [6.45, 7) is 3.74. The van der Waals surface area contributed by atoms with E-state index in [0.717, 1.165) is 29.0 Å². The number of aryl methyl sites for hydroxylation is 4. The molecule has 0 radical (unpaired) electrons. The number of amides is 1. The summed E-state index contributed by atoms with van der Waals surface area (Å²) in [7, 11) is 3.53. The molecule has 2 aromatic carbocycles. The van der Waals surface area contributed by atoms with E-state index in [9.17, 15) is 49.5 Å². The fourth-order valence-corrected chi connectivity index (χ4v) is 6.17. The molecule has 1 heterocycles. The maximum atomic E-state index is 14.9. The van der Waals surface area contributed by atoms with Gasteiger partial charge in [0.2, 0.25) is 5.91 Å². The molecule has 3 N–H and O–H groups in total. The molecule has 3 rings (SSSR count). The van der Waals surface area contributed by atoms with E-state index < -0.39 is 77.0 Å². The topological polar surface area (TPSA) is 106 Å². The van der Waals surface area contributed by atoms with Gasteiger partial charge in [0.15, 0.2) is 0 Å². The van der Waals surface area contributed by atoms with Crippen LogP contribution < -0.4 is 11.3 Å². The van der Waals surface area contributed by atoms with E-state index in [-0.39, 0.29) is 53.9 Å². The Bertz CT molecular complexity index is 1780. The molecule has 0 fully saturated rings. The van der Waals surface area contributed by atoms with E-state index in [2.05, 4.69) is 0 Å². The van der Waals surface area contributed by atoms with Gasteiger partial charge < -0.3 is 20.3 Å². The molecule has 0 aliphatic heterocycles. The number of carboxylic acids is 1. The number of aliphatic carboxylic acids is 1. The number of carbonyl (C=O) groups excluding carboxylic acids is 1. The van der Waals surface area contributed by atoms with Gasteiger partial charge in [-0.2, -0.15) is 26.3 Å². The lowest BCUT2D eigenvalue weighted by Gasteiger charge is -2.22. The van der Waals surface area contributed by atoms with Crippen molar-refractivity contribution < 1.29 is 49.8 Å². The Morgan fingerprint density at radius 2 is 1.51 bits per heavy atom. The molecule has 3 aromatic rings. The Morgan fingerprint density at radius 1 is 0.863 bits per heavy atom. The number of benzene rings is 2. The van der Waals surface area contributed by atoms with Gasteiger partial charge in [-0.25, -0.2) is 8.78 Å². The van der Waals surface area contributed by atoms with Gasteiger partial charge in [-0.15, -0.1) is 0 Å². The van der Waals surface area contributed by atoms with Gasteiger partial charge in [0.1, 0.15) is 17.7 Å². The maximum absolute atomic E-state index is 14.9. The van der Waals surface area contributed by atoms with E-state index in [1.165, 1.54) is 6.92 Å². The van der Waals surface area contributed by atoms with Gasteiger partial charge in [-0.3, -0.25) is 14.4 Å². The number of hydrogen-bond donors (Lipinski definition) is 2. The number of halogens is 8. The first-order valence-corrected chi connectivity index (χ1v) is 16.3. The quantitative estimate of drug-likeness (QED) is 0.147. The first-order valence-electron chi connectivity index (χ1n) is 16.3. The summed E-state index contributed by atoms with van der Waals surface area (Å²) in [5, 5.41) is 9.04. The number of pyridine rings is 1. The lowest BCUT2D eigenvalue weighted by molar-refractivity contribution is -0.140. The zero-order valence-corrected chi connectivity index (χ0v) is 28.7. The summed E-state index contributed by atoms with van der Waals surface area (Å²) in [4.78, 5) is 38.2. The molecule has 0 aliphatic rings. The monoisotopic (exact) mass is 731 g/mol. The molecule has 280 valence electrons. The number of carboxylic acid groups (broad SMARTS) is 1. The summed E-state index contributed by atoms with van der Waals surface area (Å²) < 4.78 is 113. The minimum atomic E-state index is -5.10. The summed E-state index contributed by atoms with van der Waals surface area (Å²) in [6, 6.07) is 3.20. The summed E-state index contributed by atoms with van der Waals surface area (Å²) >= 11 is 0. The van der Waals surface area contributed by atoms with Gasteiger partial charge in [-0.1, -0.05) is 6.92 Å². The number of primary amides is 1. The number of carbonyl (C=O) groups is 2. The van der Waals surface area contributed by atoms with E-state index >= 15 is 0 Å². The number of nitrogens with two attached hydrogens (primary N) is 1. The summed E-state index contributed by atoms with van der Waals surface area (Å²) in [5.74, 6) is -4.76. The highest BCUT2D eigenvalue weighted by Crippen LogP contribution is 2.39. The Kier molecular flexibility index (Phi) is 13.6. The minimum Gasteiger partial charge on any atom is -0.481 e. The first-order chi connectivity index (χ1) is 23.6. The molecule has 0 saturated heterocycles. The fourth-order valence-electron chi connectivity index (χ4n) is 6.17. The Morgan fingerprint density at radius 3 is 2.08 bits per heavy atom. The van der Waals surface area contributed by atoms with Gasteiger partial charge in [0.25, 0.3) is 5.56 Å². The normalized spacial score (nSPS) is 13.4. The van der Waals surface area contributed by atoms with Crippen molar-refractivity contribution in [1.82, 2.24) is 9.47 Å². The van der Waals surface area contributed by atoms with E-state index in [1.807, 2.05) is 0 Å². The molecule has 0 aliphatic carbocycles. The standard InChI is InChI=1S/C36H41F8N3O4/c1-20(8-11-29(34(45)51)47-19-24(6-5-13-46(3)4)27(18-30(47)48)35(39,40)41)7-9-22-16-26(37)14-21(2)32(22)25-15-23(10-12-31(49)50)33(38)28(17-25)36(42,43)44/h14-20,29H,5-13H2,1-4H3,(H2,45,51)(H,49,50)/t20?,29-/m0/s1. The molecule has 0 saturated carbocycles. The van der Waals surface area contributed by atoms with Gasteiger partial charge >= 0.3 is 18.3 Å². The summed E-state index contributed by atoms with van der Waals surface area (Å²) in [6.07, 6.45) is -8.99. The molecular weight excluding hydrogens is 690 g/mol. The largest absolute Gasteiger partial charge is 0.481 e. The van der Waals surface area contributed by atoms with Crippen LogP contribution in [0.3, 0.4) is 0 Å². The summed E-state index contributed by atoms with van der Waals surface area (Å²) in [5.41, 5.74) is 2.01. The van der Waals surface area contributed by atoms with E-state index in [1.54, 1.807) is 25.9 Å². The second-order valence-electron chi connectivity index (χ2n) is 13.1. The van der Waals surface area contributed by atoms with Crippen LogP contribution >= 0.6 is 0 Å². The lowest BCUT2D eigenvalue weighted by atomic mass is 9.87. The zero-order chi connectivity index (χ0) is 38.4. The van der Waals surface area contributed by atoms with Crippen LogP contribution in [0.2, 0.25) is 0 Å². The van der Waals surface area contributed by atoms with Gasteiger partial charge in [0, 0.05) is 18.7 Å². The van der Waals surface area contributed by atoms with Crippen molar-refractivity contribution >= 4 is 11.9 Å². The molecule has 15 heteroatoms. The van der Waals surface area contributed by atoms with Crippen LogP contribution in [0.4, 0.5) is 35.1 Å². The van der Waals surface area contributed by atoms with Crippen LogP contribution in [0.25, 0.3) is 11.1 Å². The Balaban J connectivity index is 1.90. The third-order valence-corrected chi connectivity index (χ3v) is 8.76. The molecule has 2 atom stereocenters. The maximum Gasteiger partial charge on any atom is 0.419 e. The van der Waals surface area contributed by atoms with Crippen LogP contribution in [0, 0.1) is 24.5 Å². The second kappa shape index (κ2) is 16.8.